The van der Waals surface area contributed by atoms with Gasteiger partial charge in [0.1, 0.15) is 0 Å². The van der Waals surface area contributed by atoms with Gasteiger partial charge in [0.25, 0.3) is 0 Å². The van der Waals surface area contributed by atoms with Crippen LogP contribution in [0.2, 0.25) is 0 Å². The molecule has 1 rings (SSSR count). The normalized spacial score (nSPS) is 39.6. The number of aliphatic hydroxyl groups excluding tert-OH is 1. The van der Waals surface area contributed by atoms with Gasteiger partial charge in [-0.25, -0.2) is 0 Å². The van der Waals surface area contributed by atoms with Crippen LogP contribution in [0.15, 0.2) is 12.3 Å². The SMILES string of the molecule is C=C(O)C1[C@@H](CC)[C@H](C)C1(C)[C@H](C)C(F)(F)F. The average Bonchev–Trinajstić information content (AvgIpc) is 2.20. The van der Waals surface area contributed by atoms with Gasteiger partial charge in [-0.3, -0.25) is 0 Å². The summed E-state index contributed by atoms with van der Waals surface area (Å²) in [5, 5.41) is 9.58. The van der Waals surface area contributed by atoms with Crippen LogP contribution in [0.3, 0.4) is 0 Å². The fraction of sp³-hybridized carbons (Fsp3) is 0.846. The highest BCUT2D eigenvalue weighted by Gasteiger charge is 2.64. The predicted molar refractivity (Wildman–Crippen MR) is 61.5 cm³/mol. The Morgan fingerprint density at radius 2 is 1.94 bits per heavy atom. The maximum atomic E-state index is 12.9. The fourth-order valence-electron chi connectivity index (χ4n) is 3.59. The van der Waals surface area contributed by atoms with Crippen molar-refractivity contribution in [3.05, 3.63) is 12.3 Å². The molecule has 1 nitrogen and oxygen atoms in total. The van der Waals surface area contributed by atoms with Crippen LogP contribution in [-0.4, -0.2) is 11.3 Å². The van der Waals surface area contributed by atoms with Crippen molar-refractivity contribution in [1.29, 1.82) is 0 Å². The minimum Gasteiger partial charge on any atom is -0.513 e. The lowest BCUT2D eigenvalue weighted by molar-refractivity contribution is -0.255. The molecule has 1 fully saturated rings. The van der Waals surface area contributed by atoms with Gasteiger partial charge < -0.3 is 5.11 Å². The molecule has 0 radical (unpaired) electrons. The second-order valence-corrected chi connectivity index (χ2v) is 5.46. The lowest BCUT2D eigenvalue weighted by Crippen LogP contribution is -2.60. The Labute approximate surface area is 101 Å². The molecule has 0 heterocycles. The Morgan fingerprint density at radius 3 is 2.24 bits per heavy atom. The summed E-state index contributed by atoms with van der Waals surface area (Å²) in [6.07, 6.45) is -3.46. The third-order valence-electron chi connectivity index (χ3n) is 4.98. The van der Waals surface area contributed by atoms with Crippen molar-refractivity contribution >= 4 is 0 Å². The molecular weight excluding hydrogens is 229 g/mol. The monoisotopic (exact) mass is 250 g/mol. The molecule has 0 amide bonds. The van der Waals surface area contributed by atoms with E-state index in [1.807, 2.05) is 13.8 Å². The van der Waals surface area contributed by atoms with Crippen molar-refractivity contribution < 1.29 is 18.3 Å². The highest BCUT2D eigenvalue weighted by Crippen LogP contribution is 2.65. The predicted octanol–water partition coefficient (Wildman–Crippen LogP) is 4.55. The maximum Gasteiger partial charge on any atom is 0.392 e. The van der Waals surface area contributed by atoms with E-state index in [9.17, 15) is 18.3 Å². The number of halogens is 3. The van der Waals surface area contributed by atoms with E-state index in [1.165, 1.54) is 6.92 Å². The summed E-state index contributed by atoms with van der Waals surface area (Å²) in [5.41, 5.74) is -0.940. The minimum atomic E-state index is -4.23. The van der Waals surface area contributed by atoms with E-state index in [-0.39, 0.29) is 17.6 Å². The first-order chi connectivity index (χ1) is 7.58. The molecule has 1 aliphatic carbocycles. The van der Waals surface area contributed by atoms with Gasteiger partial charge in [0.2, 0.25) is 0 Å². The van der Waals surface area contributed by atoms with Crippen molar-refractivity contribution in [3.8, 4) is 0 Å². The first-order valence-electron chi connectivity index (χ1n) is 6.02. The van der Waals surface area contributed by atoms with Gasteiger partial charge in [-0.05, 0) is 17.3 Å². The molecule has 2 unspecified atom stereocenters. The van der Waals surface area contributed by atoms with Gasteiger partial charge in [0.05, 0.1) is 11.7 Å². The van der Waals surface area contributed by atoms with Crippen LogP contribution < -0.4 is 0 Å². The van der Waals surface area contributed by atoms with E-state index >= 15 is 0 Å². The standard InChI is InChI=1S/C13H21F3O/c1-6-10-7(2)12(5,11(10)8(3)17)9(4)13(14,15)16/h7,9-11,17H,3,6H2,1-2,4-5H3/t7-,9-,10-,11?,12?/m0/s1. The first-order valence-corrected chi connectivity index (χ1v) is 6.02. The van der Waals surface area contributed by atoms with E-state index in [0.29, 0.717) is 0 Å². The van der Waals surface area contributed by atoms with Gasteiger partial charge in [-0.2, -0.15) is 13.2 Å². The molecule has 0 bridgehead atoms. The number of rotatable bonds is 3. The quantitative estimate of drug-likeness (QED) is 0.728. The summed E-state index contributed by atoms with van der Waals surface area (Å²) < 4.78 is 38.7. The second-order valence-electron chi connectivity index (χ2n) is 5.46. The zero-order valence-electron chi connectivity index (χ0n) is 10.8. The van der Waals surface area contributed by atoms with Crippen LogP contribution in [0.1, 0.15) is 34.1 Å². The number of hydrogen-bond acceptors (Lipinski definition) is 1. The van der Waals surface area contributed by atoms with E-state index in [2.05, 4.69) is 6.58 Å². The molecule has 5 atom stereocenters. The van der Waals surface area contributed by atoms with E-state index < -0.39 is 23.4 Å². The molecular formula is C13H21F3O. The lowest BCUT2D eigenvalue weighted by atomic mass is 9.43. The topological polar surface area (TPSA) is 20.2 Å². The van der Waals surface area contributed by atoms with Gasteiger partial charge >= 0.3 is 6.18 Å². The molecule has 0 saturated heterocycles. The molecule has 1 aliphatic rings. The van der Waals surface area contributed by atoms with E-state index in [1.54, 1.807) is 6.92 Å². The molecule has 1 saturated carbocycles. The minimum absolute atomic E-state index is 0.0574. The molecule has 0 aliphatic heterocycles. The van der Waals surface area contributed by atoms with Crippen LogP contribution in [0.25, 0.3) is 0 Å². The largest absolute Gasteiger partial charge is 0.513 e. The van der Waals surface area contributed by atoms with Crippen molar-refractivity contribution in [2.45, 2.75) is 40.3 Å². The Balaban J connectivity index is 3.06. The van der Waals surface area contributed by atoms with Crippen LogP contribution in [0.5, 0.6) is 0 Å². The Hall–Kier alpha value is -0.670. The fourth-order valence-corrected chi connectivity index (χ4v) is 3.59. The number of hydrogen-bond donors (Lipinski definition) is 1. The highest BCUT2D eigenvalue weighted by atomic mass is 19.4. The number of aliphatic hydroxyl groups is 1. The van der Waals surface area contributed by atoms with Crippen molar-refractivity contribution in [2.24, 2.45) is 29.1 Å². The van der Waals surface area contributed by atoms with Crippen LogP contribution >= 0.6 is 0 Å². The third-order valence-corrected chi connectivity index (χ3v) is 4.98. The van der Waals surface area contributed by atoms with Gasteiger partial charge in [0.15, 0.2) is 0 Å². The van der Waals surface area contributed by atoms with Crippen molar-refractivity contribution in [3.63, 3.8) is 0 Å². The van der Waals surface area contributed by atoms with Crippen LogP contribution in [-0.2, 0) is 0 Å². The molecule has 17 heavy (non-hydrogen) atoms. The Kier molecular flexibility index (Phi) is 3.57. The van der Waals surface area contributed by atoms with Crippen molar-refractivity contribution in [2.75, 3.05) is 0 Å². The maximum absolute atomic E-state index is 12.9. The average molecular weight is 250 g/mol. The van der Waals surface area contributed by atoms with Crippen LogP contribution in [0, 0.1) is 29.1 Å². The summed E-state index contributed by atoms with van der Waals surface area (Å²) in [7, 11) is 0. The summed E-state index contributed by atoms with van der Waals surface area (Å²) in [4.78, 5) is 0. The van der Waals surface area contributed by atoms with E-state index in [0.717, 1.165) is 6.42 Å². The number of allylic oxidation sites excluding steroid dienone is 1. The molecule has 100 valence electrons. The summed E-state index contributed by atoms with van der Waals surface area (Å²) in [6, 6.07) is 0. The van der Waals surface area contributed by atoms with Crippen molar-refractivity contribution in [1.82, 2.24) is 0 Å². The second kappa shape index (κ2) is 4.21. The lowest BCUT2D eigenvalue weighted by Gasteiger charge is -2.61. The summed E-state index contributed by atoms with van der Waals surface area (Å²) in [6.45, 7) is 10.1. The molecule has 0 aromatic rings. The van der Waals surface area contributed by atoms with Gasteiger partial charge in [-0.15, -0.1) is 0 Å². The Morgan fingerprint density at radius 1 is 1.47 bits per heavy atom. The van der Waals surface area contributed by atoms with E-state index in [4.69, 9.17) is 0 Å². The molecule has 1 N–H and O–H groups in total. The molecule has 0 spiro atoms. The van der Waals surface area contributed by atoms with Gasteiger partial charge in [-0.1, -0.05) is 40.7 Å². The zero-order valence-corrected chi connectivity index (χ0v) is 10.8. The highest BCUT2D eigenvalue weighted by molar-refractivity contribution is 5.15. The van der Waals surface area contributed by atoms with Crippen LogP contribution in [0.4, 0.5) is 13.2 Å². The Bertz CT molecular complexity index is 310. The zero-order chi connectivity index (χ0) is 13.6. The summed E-state index contributed by atoms with van der Waals surface area (Å²) >= 11 is 0. The third kappa shape index (κ3) is 1.95. The first kappa shape index (κ1) is 14.4. The smallest absolute Gasteiger partial charge is 0.392 e. The number of alkyl halides is 3. The summed E-state index contributed by atoms with van der Waals surface area (Å²) in [5.74, 6) is -1.94. The van der Waals surface area contributed by atoms with Gasteiger partial charge in [0, 0.05) is 5.92 Å². The molecule has 0 aromatic heterocycles. The molecule has 4 heteroatoms. The molecule has 0 aromatic carbocycles.